The van der Waals surface area contributed by atoms with E-state index in [1.165, 1.54) is 13.0 Å². The van der Waals surface area contributed by atoms with Gasteiger partial charge < -0.3 is 5.32 Å². The van der Waals surface area contributed by atoms with E-state index in [1.807, 2.05) is 12.1 Å². The quantitative estimate of drug-likeness (QED) is 0.679. The third-order valence-corrected chi connectivity index (χ3v) is 3.11. The van der Waals surface area contributed by atoms with Crippen LogP contribution < -0.4 is 5.32 Å². The SMILES string of the molecule is CC(=O)c1ccccc1NC(=O)C=Cc1ccc(Cl)cc1. The van der Waals surface area contributed by atoms with Crippen molar-refractivity contribution < 1.29 is 9.59 Å². The first kappa shape index (κ1) is 15.0. The molecule has 0 heterocycles. The Morgan fingerprint density at radius 2 is 1.71 bits per heavy atom. The molecule has 0 saturated carbocycles. The van der Waals surface area contributed by atoms with Crippen LogP contribution in [0.25, 0.3) is 6.08 Å². The van der Waals surface area contributed by atoms with E-state index in [-0.39, 0.29) is 11.7 Å². The molecule has 0 aliphatic carbocycles. The Labute approximate surface area is 128 Å². The lowest BCUT2D eigenvalue weighted by Crippen LogP contribution is -2.11. The number of hydrogen-bond acceptors (Lipinski definition) is 2. The van der Waals surface area contributed by atoms with Crippen molar-refractivity contribution in [1.82, 2.24) is 0 Å². The third-order valence-electron chi connectivity index (χ3n) is 2.86. The highest BCUT2D eigenvalue weighted by Gasteiger charge is 2.07. The fraction of sp³-hybridized carbons (Fsp3) is 0.0588. The minimum atomic E-state index is -0.293. The van der Waals surface area contributed by atoms with Crippen LogP contribution >= 0.6 is 11.6 Å². The normalized spacial score (nSPS) is 10.6. The summed E-state index contributed by atoms with van der Waals surface area (Å²) in [7, 11) is 0. The van der Waals surface area contributed by atoms with Crippen LogP contribution in [0.5, 0.6) is 0 Å². The van der Waals surface area contributed by atoms with Gasteiger partial charge in [-0.3, -0.25) is 9.59 Å². The maximum Gasteiger partial charge on any atom is 0.248 e. The van der Waals surface area contributed by atoms with Gasteiger partial charge in [-0.05, 0) is 42.8 Å². The number of anilines is 1. The van der Waals surface area contributed by atoms with Crippen LogP contribution in [0.4, 0.5) is 5.69 Å². The van der Waals surface area contributed by atoms with Crippen molar-refractivity contribution in [3.05, 3.63) is 70.8 Å². The first-order valence-corrected chi connectivity index (χ1v) is 6.78. The van der Waals surface area contributed by atoms with Crippen LogP contribution in [-0.4, -0.2) is 11.7 Å². The molecule has 0 aromatic heterocycles. The fourth-order valence-electron chi connectivity index (χ4n) is 1.82. The molecular formula is C17H14ClNO2. The number of halogens is 1. The molecule has 0 radical (unpaired) electrons. The van der Waals surface area contributed by atoms with E-state index < -0.39 is 0 Å². The van der Waals surface area contributed by atoms with E-state index in [4.69, 9.17) is 11.6 Å². The summed E-state index contributed by atoms with van der Waals surface area (Å²) in [6, 6.07) is 14.0. The Balaban J connectivity index is 2.08. The summed E-state index contributed by atoms with van der Waals surface area (Å²) in [5, 5.41) is 3.35. The number of para-hydroxylation sites is 1. The van der Waals surface area contributed by atoms with Gasteiger partial charge in [-0.2, -0.15) is 0 Å². The van der Waals surface area contributed by atoms with Gasteiger partial charge in [0.1, 0.15) is 0 Å². The van der Waals surface area contributed by atoms with Crippen molar-refractivity contribution in [2.24, 2.45) is 0 Å². The van der Waals surface area contributed by atoms with Crippen molar-refractivity contribution in [2.45, 2.75) is 6.92 Å². The number of carbonyl (C=O) groups excluding carboxylic acids is 2. The monoisotopic (exact) mass is 299 g/mol. The predicted octanol–water partition coefficient (Wildman–Crippen LogP) is 4.19. The van der Waals surface area contributed by atoms with Crippen LogP contribution in [0.1, 0.15) is 22.8 Å². The summed E-state index contributed by atoms with van der Waals surface area (Å²) in [4.78, 5) is 23.4. The Bertz CT molecular complexity index is 690. The van der Waals surface area contributed by atoms with Crippen LogP contribution in [0.15, 0.2) is 54.6 Å². The van der Waals surface area contributed by atoms with Gasteiger partial charge in [0.15, 0.2) is 5.78 Å². The lowest BCUT2D eigenvalue weighted by atomic mass is 10.1. The van der Waals surface area contributed by atoms with Crippen molar-refractivity contribution in [3.63, 3.8) is 0 Å². The fourth-order valence-corrected chi connectivity index (χ4v) is 1.95. The second-order valence-corrected chi connectivity index (χ2v) is 4.91. The van der Waals surface area contributed by atoms with E-state index in [0.29, 0.717) is 16.3 Å². The molecule has 21 heavy (non-hydrogen) atoms. The van der Waals surface area contributed by atoms with E-state index >= 15 is 0 Å². The number of hydrogen-bond donors (Lipinski definition) is 1. The highest BCUT2D eigenvalue weighted by molar-refractivity contribution is 6.30. The van der Waals surface area contributed by atoms with Gasteiger partial charge in [0.2, 0.25) is 5.91 Å². The summed E-state index contributed by atoms with van der Waals surface area (Å²) < 4.78 is 0. The predicted molar refractivity (Wildman–Crippen MR) is 85.6 cm³/mol. The van der Waals surface area contributed by atoms with E-state index in [1.54, 1.807) is 42.5 Å². The second kappa shape index (κ2) is 6.86. The molecule has 1 N–H and O–H groups in total. The zero-order chi connectivity index (χ0) is 15.2. The molecule has 1 amide bonds. The molecule has 0 atom stereocenters. The van der Waals surface area contributed by atoms with Gasteiger partial charge >= 0.3 is 0 Å². The minimum Gasteiger partial charge on any atom is -0.322 e. The Kier molecular flexibility index (Phi) is 4.90. The lowest BCUT2D eigenvalue weighted by Gasteiger charge is -2.06. The first-order chi connectivity index (χ1) is 10.1. The van der Waals surface area contributed by atoms with Gasteiger partial charge in [-0.1, -0.05) is 35.9 Å². The van der Waals surface area contributed by atoms with Gasteiger partial charge in [-0.25, -0.2) is 0 Å². The van der Waals surface area contributed by atoms with Crippen LogP contribution in [-0.2, 0) is 4.79 Å². The Morgan fingerprint density at radius 3 is 2.38 bits per heavy atom. The molecule has 2 aromatic rings. The molecular weight excluding hydrogens is 286 g/mol. The maximum atomic E-state index is 11.9. The van der Waals surface area contributed by atoms with Crippen molar-refractivity contribution in [3.8, 4) is 0 Å². The largest absolute Gasteiger partial charge is 0.322 e. The number of Topliss-reactive ketones (excluding diaryl/α,β-unsaturated/α-hetero) is 1. The molecule has 106 valence electrons. The average molecular weight is 300 g/mol. The zero-order valence-electron chi connectivity index (χ0n) is 11.5. The second-order valence-electron chi connectivity index (χ2n) is 4.48. The van der Waals surface area contributed by atoms with Crippen LogP contribution in [0.2, 0.25) is 5.02 Å². The summed E-state index contributed by atoms with van der Waals surface area (Å²) in [5.74, 6) is -0.383. The molecule has 3 nitrogen and oxygen atoms in total. The molecule has 0 unspecified atom stereocenters. The van der Waals surface area contributed by atoms with E-state index in [9.17, 15) is 9.59 Å². The molecule has 0 spiro atoms. The average Bonchev–Trinajstić information content (AvgIpc) is 2.47. The molecule has 4 heteroatoms. The number of nitrogens with one attached hydrogen (secondary N) is 1. The number of carbonyl (C=O) groups is 2. The summed E-state index contributed by atoms with van der Waals surface area (Å²) >= 11 is 5.79. The lowest BCUT2D eigenvalue weighted by molar-refractivity contribution is -0.111. The number of amides is 1. The summed E-state index contributed by atoms with van der Waals surface area (Å²) in [6.45, 7) is 1.47. The van der Waals surface area contributed by atoms with Crippen molar-refractivity contribution in [1.29, 1.82) is 0 Å². The number of ketones is 1. The molecule has 0 saturated heterocycles. The van der Waals surface area contributed by atoms with Gasteiger partial charge in [0, 0.05) is 16.7 Å². The standard InChI is InChI=1S/C17H14ClNO2/c1-12(20)15-4-2-3-5-16(15)19-17(21)11-8-13-6-9-14(18)10-7-13/h2-11H,1H3,(H,19,21). The molecule has 2 aromatic carbocycles. The summed E-state index contributed by atoms with van der Waals surface area (Å²) in [6.07, 6.45) is 3.10. The number of benzene rings is 2. The maximum absolute atomic E-state index is 11.9. The topological polar surface area (TPSA) is 46.2 Å². The number of rotatable bonds is 4. The highest BCUT2D eigenvalue weighted by Crippen LogP contribution is 2.16. The van der Waals surface area contributed by atoms with E-state index in [2.05, 4.69) is 5.32 Å². The molecule has 0 fully saturated rings. The van der Waals surface area contributed by atoms with Crippen molar-refractivity contribution >= 4 is 35.1 Å². The van der Waals surface area contributed by atoms with Crippen LogP contribution in [0.3, 0.4) is 0 Å². The van der Waals surface area contributed by atoms with E-state index in [0.717, 1.165) is 5.56 Å². The van der Waals surface area contributed by atoms with Gasteiger partial charge in [0.25, 0.3) is 0 Å². The Hall–Kier alpha value is -2.39. The molecule has 0 aliphatic rings. The van der Waals surface area contributed by atoms with Gasteiger partial charge in [0.05, 0.1) is 5.69 Å². The molecule has 2 rings (SSSR count). The zero-order valence-corrected chi connectivity index (χ0v) is 12.2. The smallest absolute Gasteiger partial charge is 0.248 e. The van der Waals surface area contributed by atoms with Gasteiger partial charge in [-0.15, -0.1) is 0 Å². The molecule has 0 aliphatic heterocycles. The molecule has 0 bridgehead atoms. The first-order valence-electron chi connectivity index (χ1n) is 6.41. The Morgan fingerprint density at radius 1 is 1.05 bits per heavy atom. The minimum absolute atomic E-state index is 0.0902. The van der Waals surface area contributed by atoms with Crippen LogP contribution in [0, 0.1) is 0 Å². The van der Waals surface area contributed by atoms with Crippen molar-refractivity contribution in [2.75, 3.05) is 5.32 Å². The third kappa shape index (κ3) is 4.29. The highest BCUT2D eigenvalue weighted by atomic mass is 35.5. The summed E-state index contributed by atoms with van der Waals surface area (Å²) in [5.41, 5.74) is 1.87.